The topological polar surface area (TPSA) is 95.2 Å². The van der Waals surface area contributed by atoms with Gasteiger partial charge in [-0.15, -0.1) is 0 Å². The molecule has 18 heavy (non-hydrogen) atoms. The summed E-state index contributed by atoms with van der Waals surface area (Å²) < 4.78 is 0. The molecule has 1 fully saturated rings. The molecule has 1 saturated heterocycles. The molecule has 0 aliphatic carbocycles. The van der Waals surface area contributed by atoms with Crippen molar-refractivity contribution in [1.29, 1.82) is 0 Å². The van der Waals surface area contributed by atoms with Gasteiger partial charge < -0.3 is 20.7 Å². The van der Waals surface area contributed by atoms with Crippen molar-refractivity contribution in [3.8, 4) is 0 Å². The third-order valence-corrected chi connectivity index (χ3v) is 3.54. The van der Waals surface area contributed by atoms with Gasteiger partial charge in [0.15, 0.2) is 0 Å². The minimum Gasteiger partial charge on any atom is -0.480 e. The maximum Gasteiger partial charge on any atom is 0.320 e. The quantitative estimate of drug-likeness (QED) is 0.710. The average Bonchev–Trinajstić information content (AvgIpc) is 2.78. The molecular formula is C12H20N4O2. The average molecular weight is 252 g/mol. The first-order valence-electron chi connectivity index (χ1n) is 6.27. The summed E-state index contributed by atoms with van der Waals surface area (Å²) in [7, 11) is 2.13. The first-order chi connectivity index (χ1) is 8.56. The first-order valence-corrected chi connectivity index (χ1v) is 6.27. The smallest absolute Gasteiger partial charge is 0.320 e. The number of carbonyl (C=O) groups is 1. The van der Waals surface area contributed by atoms with Gasteiger partial charge in [-0.1, -0.05) is 0 Å². The Morgan fingerprint density at radius 1 is 1.67 bits per heavy atom. The van der Waals surface area contributed by atoms with Gasteiger partial charge in [-0.25, -0.2) is 4.98 Å². The Balaban J connectivity index is 1.95. The van der Waals surface area contributed by atoms with E-state index in [9.17, 15) is 4.79 Å². The van der Waals surface area contributed by atoms with Crippen molar-refractivity contribution in [3.63, 3.8) is 0 Å². The number of aromatic nitrogens is 2. The van der Waals surface area contributed by atoms with Gasteiger partial charge in [0, 0.05) is 24.2 Å². The van der Waals surface area contributed by atoms with Crippen LogP contribution in [0.1, 0.15) is 30.3 Å². The number of carboxylic acids is 1. The van der Waals surface area contributed by atoms with Gasteiger partial charge in [0.2, 0.25) is 0 Å². The number of hydrogen-bond acceptors (Lipinski definition) is 4. The lowest BCUT2D eigenvalue weighted by atomic mass is 9.94. The molecule has 2 heterocycles. The van der Waals surface area contributed by atoms with E-state index in [2.05, 4.69) is 21.9 Å². The molecule has 0 amide bonds. The van der Waals surface area contributed by atoms with Crippen molar-refractivity contribution in [2.45, 2.75) is 31.2 Å². The molecule has 6 nitrogen and oxygen atoms in total. The van der Waals surface area contributed by atoms with E-state index in [0.29, 0.717) is 11.7 Å². The molecule has 1 aliphatic rings. The molecule has 4 N–H and O–H groups in total. The number of aliphatic carboxylic acids is 1. The van der Waals surface area contributed by atoms with Gasteiger partial charge in [-0.2, -0.15) is 0 Å². The zero-order valence-corrected chi connectivity index (χ0v) is 10.6. The van der Waals surface area contributed by atoms with Crippen molar-refractivity contribution in [2.75, 3.05) is 20.1 Å². The first kappa shape index (κ1) is 13.0. The van der Waals surface area contributed by atoms with Crippen LogP contribution in [0.3, 0.4) is 0 Å². The fraction of sp³-hybridized carbons (Fsp3) is 0.667. The number of likely N-dealkylation sites (tertiary alicyclic amines) is 1. The van der Waals surface area contributed by atoms with Crippen molar-refractivity contribution in [2.24, 2.45) is 5.73 Å². The van der Waals surface area contributed by atoms with Gasteiger partial charge >= 0.3 is 5.97 Å². The number of nitrogens with two attached hydrogens (primary N) is 1. The molecule has 0 spiro atoms. The third-order valence-electron chi connectivity index (χ3n) is 3.54. The van der Waals surface area contributed by atoms with Crippen molar-refractivity contribution in [3.05, 3.63) is 17.7 Å². The van der Waals surface area contributed by atoms with E-state index in [4.69, 9.17) is 10.8 Å². The van der Waals surface area contributed by atoms with Gasteiger partial charge in [0.25, 0.3) is 0 Å². The van der Waals surface area contributed by atoms with Crippen molar-refractivity contribution < 1.29 is 9.90 Å². The summed E-state index contributed by atoms with van der Waals surface area (Å²) in [5.74, 6) is 0.176. The lowest BCUT2D eigenvalue weighted by Gasteiger charge is -2.28. The summed E-state index contributed by atoms with van der Waals surface area (Å²) in [6, 6.07) is -0.888. The molecule has 100 valence electrons. The van der Waals surface area contributed by atoms with Crippen LogP contribution in [0.2, 0.25) is 0 Å². The molecule has 1 aliphatic heterocycles. The number of carboxylic acid groups (broad SMARTS) is 1. The number of imidazole rings is 1. The predicted octanol–water partition coefficient (Wildman–Crippen LogP) is 0.173. The van der Waals surface area contributed by atoms with Gasteiger partial charge in [-0.05, 0) is 33.0 Å². The van der Waals surface area contributed by atoms with Crippen LogP contribution in [0.15, 0.2) is 6.20 Å². The second-order valence-corrected chi connectivity index (χ2v) is 5.01. The van der Waals surface area contributed by atoms with E-state index in [-0.39, 0.29) is 6.42 Å². The molecule has 1 aromatic rings. The normalized spacial score (nSPS) is 19.9. The highest BCUT2D eigenvalue weighted by molar-refractivity contribution is 5.73. The van der Waals surface area contributed by atoms with E-state index in [0.717, 1.165) is 31.6 Å². The van der Waals surface area contributed by atoms with E-state index in [1.165, 1.54) is 0 Å². The summed E-state index contributed by atoms with van der Waals surface area (Å²) in [5, 5.41) is 8.76. The predicted molar refractivity (Wildman–Crippen MR) is 67.4 cm³/mol. The fourth-order valence-corrected chi connectivity index (χ4v) is 2.31. The summed E-state index contributed by atoms with van der Waals surface area (Å²) >= 11 is 0. The standard InChI is InChI=1S/C12H20N4O2/c1-16-4-2-8(3-5-16)10-7-14-11(15-10)6-9(13)12(17)18/h7-9H,2-6,13H2,1H3,(H,14,15)(H,17,18). The summed E-state index contributed by atoms with van der Waals surface area (Å²) in [5.41, 5.74) is 6.60. The molecule has 1 atom stereocenters. The number of aromatic amines is 1. The number of H-pyrrole nitrogens is 1. The van der Waals surface area contributed by atoms with Crippen LogP contribution >= 0.6 is 0 Å². The highest BCUT2D eigenvalue weighted by atomic mass is 16.4. The van der Waals surface area contributed by atoms with Gasteiger partial charge in [0.1, 0.15) is 11.9 Å². The Bertz CT molecular complexity index is 410. The lowest BCUT2D eigenvalue weighted by Crippen LogP contribution is -2.32. The SMILES string of the molecule is CN1CCC(c2cnc(CC(N)C(=O)O)[nH]2)CC1. The van der Waals surface area contributed by atoms with Crippen LogP contribution in [-0.4, -0.2) is 52.1 Å². The second-order valence-electron chi connectivity index (χ2n) is 5.01. The van der Waals surface area contributed by atoms with Crippen LogP contribution in [0.25, 0.3) is 0 Å². The molecule has 0 bridgehead atoms. The van der Waals surface area contributed by atoms with Crippen LogP contribution in [0.5, 0.6) is 0 Å². The van der Waals surface area contributed by atoms with E-state index >= 15 is 0 Å². The molecule has 0 saturated carbocycles. The van der Waals surface area contributed by atoms with E-state index < -0.39 is 12.0 Å². The number of nitrogens with one attached hydrogen (secondary N) is 1. The lowest BCUT2D eigenvalue weighted by molar-refractivity contribution is -0.138. The Kier molecular flexibility index (Phi) is 3.98. The fourth-order valence-electron chi connectivity index (χ4n) is 2.31. The monoisotopic (exact) mass is 252 g/mol. The highest BCUT2D eigenvalue weighted by Crippen LogP contribution is 2.25. The molecule has 0 radical (unpaired) electrons. The molecule has 0 aromatic carbocycles. The summed E-state index contributed by atoms with van der Waals surface area (Å²) in [6.07, 6.45) is 4.30. The minimum absolute atomic E-state index is 0.252. The summed E-state index contributed by atoms with van der Waals surface area (Å²) in [6.45, 7) is 2.18. The van der Waals surface area contributed by atoms with Crippen molar-refractivity contribution >= 4 is 5.97 Å². The maximum atomic E-state index is 10.7. The Labute approximate surface area is 106 Å². The van der Waals surface area contributed by atoms with Gasteiger partial charge in [0.05, 0.1) is 0 Å². The van der Waals surface area contributed by atoms with E-state index in [1.54, 1.807) is 0 Å². The highest BCUT2D eigenvalue weighted by Gasteiger charge is 2.21. The second kappa shape index (κ2) is 5.49. The molecule has 2 rings (SSSR count). The Hall–Kier alpha value is -1.40. The number of rotatable bonds is 4. The molecular weight excluding hydrogens is 232 g/mol. The maximum absolute atomic E-state index is 10.7. The van der Waals surface area contributed by atoms with Gasteiger partial charge in [-0.3, -0.25) is 4.79 Å². The molecule has 1 aromatic heterocycles. The number of nitrogens with zero attached hydrogens (tertiary/aromatic N) is 2. The van der Waals surface area contributed by atoms with Crippen LogP contribution in [0, 0.1) is 0 Å². The van der Waals surface area contributed by atoms with E-state index in [1.807, 2.05) is 6.20 Å². The zero-order chi connectivity index (χ0) is 13.1. The molecule has 1 unspecified atom stereocenters. The third kappa shape index (κ3) is 3.08. The Morgan fingerprint density at radius 2 is 2.33 bits per heavy atom. The largest absolute Gasteiger partial charge is 0.480 e. The zero-order valence-electron chi connectivity index (χ0n) is 10.6. The Morgan fingerprint density at radius 3 is 2.94 bits per heavy atom. The summed E-state index contributed by atoms with van der Waals surface area (Å²) in [4.78, 5) is 20.4. The number of hydrogen-bond donors (Lipinski definition) is 3. The minimum atomic E-state index is -0.993. The molecule has 6 heteroatoms. The van der Waals surface area contributed by atoms with Crippen LogP contribution in [-0.2, 0) is 11.2 Å². The van der Waals surface area contributed by atoms with Crippen LogP contribution in [0.4, 0.5) is 0 Å². The van der Waals surface area contributed by atoms with Crippen LogP contribution < -0.4 is 5.73 Å². The number of piperidine rings is 1. The van der Waals surface area contributed by atoms with Crippen molar-refractivity contribution in [1.82, 2.24) is 14.9 Å².